The van der Waals surface area contributed by atoms with Crippen LogP contribution in [-0.2, 0) is 6.54 Å². The molecule has 0 bridgehead atoms. The summed E-state index contributed by atoms with van der Waals surface area (Å²) in [6, 6.07) is 5.68. The van der Waals surface area contributed by atoms with Crippen molar-refractivity contribution in [1.82, 2.24) is 19.3 Å². The van der Waals surface area contributed by atoms with E-state index in [9.17, 15) is 4.79 Å². The van der Waals surface area contributed by atoms with Gasteiger partial charge in [0, 0.05) is 17.3 Å². The molecule has 2 heterocycles. The van der Waals surface area contributed by atoms with Crippen LogP contribution >= 0.6 is 0 Å². The maximum absolute atomic E-state index is 12.8. The highest BCUT2D eigenvalue weighted by Crippen LogP contribution is 2.21. The van der Waals surface area contributed by atoms with Gasteiger partial charge in [-0.2, -0.15) is 5.10 Å². The van der Waals surface area contributed by atoms with Crippen LogP contribution in [0.25, 0.3) is 10.9 Å². The molecule has 6 nitrogen and oxygen atoms in total. The fourth-order valence-corrected chi connectivity index (χ4v) is 3.04. The van der Waals surface area contributed by atoms with Gasteiger partial charge in [0.25, 0.3) is 5.56 Å². The molecule has 1 aromatic carbocycles. The molecule has 6 heteroatoms. The van der Waals surface area contributed by atoms with E-state index in [0.29, 0.717) is 23.2 Å². The molecule has 3 rings (SSSR count). The van der Waals surface area contributed by atoms with Crippen molar-refractivity contribution < 1.29 is 4.74 Å². The molecular formula is C18H22N4O2. The predicted molar refractivity (Wildman–Crippen MR) is 93.7 cm³/mol. The van der Waals surface area contributed by atoms with Crippen LogP contribution in [-0.4, -0.2) is 26.4 Å². The van der Waals surface area contributed by atoms with Gasteiger partial charge in [-0.25, -0.2) is 4.98 Å². The quantitative estimate of drug-likeness (QED) is 0.739. The number of aryl methyl sites for hydroxylation is 1. The molecule has 3 aromatic rings. The van der Waals surface area contributed by atoms with Crippen LogP contribution in [0.1, 0.15) is 36.8 Å². The van der Waals surface area contributed by atoms with E-state index in [4.69, 9.17) is 4.74 Å². The molecule has 0 fully saturated rings. The topological polar surface area (TPSA) is 61.9 Å². The van der Waals surface area contributed by atoms with Crippen LogP contribution in [0.3, 0.4) is 0 Å². The number of rotatable bonds is 4. The van der Waals surface area contributed by atoms with Crippen LogP contribution in [0.15, 0.2) is 29.3 Å². The highest BCUT2D eigenvalue weighted by atomic mass is 16.5. The second-order valence-corrected chi connectivity index (χ2v) is 6.22. The monoisotopic (exact) mass is 326 g/mol. The minimum absolute atomic E-state index is 0.0741. The summed E-state index contributed by atoms with van der Waals surface area (Å²) in [4.78, 5) is 17.2. The Balaban J connectivity index is 2.09. The largest absolute Gasteiger partial charge is 0.494 e. The molecule has 126 valence electrons. The van der Waals surface area contributed by atoms with Crippen LogP contribution in [0.5, 0.6) is 5.75 Å². The lowest BCUT2D eigenvalue weighted by atomic mass is 10.2. The standard InChI is InChI=1S/C18H22N4O2/c1-11(2)22-13(4)15(12(3)20-22)9-21-10-19-17-14(18(21)23)7-6-8-16(17)24-5/h6-8,10-11H,9H2,1-5H3. The van der Waals surface area contributed by atoms with E-state index in [2.05, 4.69) is 23.9 Å². The van der Waals surface area contributed by atoms with Gasteiger partial charge in [-0.1, -0.05) is 6.07 Å². The van der Waals surface area contributed by atoms with Crippen molar-refractivity contribution in [1.29, 1.82) is 0 Å². The zero-order chi connectivity index (χ0) is 17.4. The highest BCUT2D eigenvalue weighted by molar-refractivity contribution is 5.83. The van der Waals surface area contributed by atoms with E-state index in [1.54, 1.807) is 30.1 Å². The molecule has 0 spiro atoms. The van der Waals surface area contributed by atoms with Gasteiger partial charge in [-0.05, 0) is 39.8 Å². The Morgan fingerprint density at radius 2 is 2.00 bits per heavy atom. The van der Waals surface area contributed by atoms with E-state index < -0.39 is 0 Å². The third-order valence-electron chi connectivity index (χ3n) is 4.33. The molecule has 24 heavy (non-hydrogen) atoms. The van der Waals surface area contributed by atoms with Gasteiger partial charge < -0.3 is 4.74 Å². The van der Waals surface area contributed by atoms with Crippen LogP contribution in [0, 0.1) is 13.8 Å². The number of aromatic nitrogens is 4. The normalized spacial score (nSPS) is 11.4. The van der Waals surface area contributed by atoms with Crippen molar-refractivity contribution >= 4 is 10.9 Å². The molecule has 0 radical (unpaired) electrons. The zero-order valence-corrected chi connectivity index (χ0v) is 14.7. The number of methoxy groups -OCH3 is 1. The average Bonchev–Trinajstić information content (AvgIpc) is 2.85. The van der Waals surface area contributed by atoms with E-state index in [1.807, 2.05) is 24.6 Å². The van der Waals surface area contributed by atoms with E-state index >= 15 is 0 Å². The first kappa shape index (κ1) is 16.2. The molecule has 0 aliphatic carbocycles. The predicted octanol–water partition coefficient (Wildman–Crippen LogP) is 2.85. The maximum Gasteiger partial charge on any atom is 0.261 e. The molecule has 0 amide bonds. The molecular weight excluding hydrogens is 304 g/mol. The van der Waals surface area contributed by atoms with Crippen LogP contribution in [0.2, 0.25) is 0 Å². The summed E-state index contributed by atoms with van der Waals surface area (Å²) in [7, 11) is 1.58. The Hall–Kier alpha value is -2.63. The number of nitrogens with zero attached hydrogens (tertiary/aromatic N) is 4. The summed E-state index contributed by atoms with van der Waals surface area (Å²) in [5, 5.41) is 5.14. The lowest BCUT2D eigenvalue weighted by Crippen LogP contribution is -2.22. The lowest BCUT2D eigenvalue weighted by Gasteiger charge is -2.10. The number of ether oxygens (including phenoxy) is 1. The summed E-state index contributed by atoms with van der Waals surface area (Å²) >= 11 is 0. The average molecular weight is 326 g/mol. The van der Waals surface area contributed by atoms with Crippen LogP contribution in [0.4, 0.5) is 0 Å². The molecule has 0 N–H and O–H groups in total. The minimum atomic E-state index is -0.0741. The SMILES string of the molecule is COc1cccc2c(=O)n(Cc3c(C)nn(C(C)C)c3C)cnc12. The Kier molecular flexibility index (Phi) is 4.13. The van der Waals surface area contributed by atoms with Crippen molar-refractivity contribution in [2.24, 2.45) is 0 Å². The van der Waals surface area contributed by atoms with E-state index in [-0.39, 0.29) is 11.6 Å². The minimum Gasteiger partial charge on any atom is -0.494 e. The zero-order valence-electron chi connectivity index (χ0n) is 14.7. The lowest BCUT2D eigenvalue weighted by molar-refractivity contribution is 0.418. The Morgan fingerprint density at radius 1 is 1.25 bits per heavy atom. The summed E-state index contributed by atoms with van der Waals surface area (Å²) < 4.78 is 8.91. The van der Waals surface area contributed by atoms with E-state index in [0.717, 1.165) is 17.0 Å². The van der Waals surface area contributed by atoms with Gasteiger partial charge in [0.15, 0.2) is 0 Å². The fourth-order valence-electron chi connectivity index (χ4n) is 3.04. The molecule has 0 saturated carbocycles. The van der Waals surface area contributed by atoms with E-state index in [1.165, 1.54) is 0 Å². The second-order valence-electron chi connectivity index (χ2n) is 6.22. The first-order chi connectivity index (χ1) is 11.4. The second kappa shape index (κ2) is 6.11. The first-order valence-electron chi connectivity index (χ1n) is 8.00. The number of hydrogen-bond acceptors (Lipinski definition) is 4. The van der Waals surface area contributed by atoms with Gasteiger partial charge >= 0.3 is 0 Å². The van der Waals surface area contributed by atoms with Gasteiger partial charge in [0.05, 0.1) is 31.1 Å². The van der Waals surface area contributed by atoms with Gasteiger partial charge in [-0.15, -0.1) is 0 Å². The number of para-hydroxylation sites is 1. The van der Waals surface area contributed by atoms with Gasteiger partial charge in [-0.3, -0.25) is 14.0 Å². The van der Waals surface area contributed by atoms with Crippen LogP contribution < -0.4 is 10.3 Å². The Morgan fingerprint density at radius 3 is 2.62 bits per heavy atom. The Labute approximate surface area is 140 Å². The third-order valence-corrected chi connectivity index (χ3v) is 4.33. The smallest absolute Gasteiger partial charge is 0.261 e. The van der Waals surface area contributed by atoms with Gasteiger partial charge in [0.1, 0.15) is 11.3 Å². The molecule has 0 saturated heterocycles. The van der Waals surface area contributed by atoms with Crippen molar-refractivity contribution in [3.05, 3.63) is 51.8 Å². The molecule has 0 unspecified atom stereocenters. The highest BCUT2D eigenvalue weighted by Gasteiger charge is 2.15. The summed E-state index contributed by atoms with van der Waals surface area (Å²) in [5.74, 6) is 0.608. The number of fused-ring (bicyclic) bond motifs is 1. The third kappa shape index (κ3) is 2.58. The molecule has 2 aromatic heterocycles. The first-order valence-corrected chi connectivity index (χ1v) is 8.00. The summed E-state index contributed by atoms with van der Waals surface area (Å²) in [5.41, 5.74) is 3.61. The summed E-state index contributed by atoms with van der Waals surface area (Å²) in [6.07, 6.45) is 1.58. The molecule has 0 atom stereocenters. The fraction of sp³-hybridized carbons (Fsp3) is 0.389. The molecule has 0 aliphatic heterocycles. The Bertz CT molecular complexity index is 954. The molecule has 0 aliphatic rings. The number of benzene rings is 1. The van der Waals surface area contributed by atoms with Crippen molar-refractivity contribution in [2.45, 2.75) is 40.3 Å². The van der Waals surface area contributed by atoms with Crippen molar-refractivity contribution in [3.63, 3.8) is 0 Å². The van der Waals surface area contributed by atoms with Crippen molar-refractivity contribution in [2.75, 3.05) is 7.11 Å². The van der Waals surface area contributed by atoms with Crippen molar-refractivity contribution in [3.8, 4) is 5.75 Å². The maximum atomic E-state index is 12.8. The van der Waals surface area contributed by atoms with Gasteiger partial charge in [0.2, 0.25) is 0 Å². The summed E-state index contributed by atoms with van der Waals surface area (Å²) in [6.45, 7) is 8.67. The number of hydrogen-bond donors (Lipinski definition) is 0.